The van der Waals surface area contributed by atoms with Gasteiger partial charge in [0.1, 0.15) is 5.65 Å². The third-order valence-corrected chi connectivity index (χ3v) is 6.60. The summed E-state index contributed by atoms with van der Waals surface area (Å²) < 4.78 is 0. The summed E-state index contributed by atoms with van der Waals surface area (Å²) in [7, 11) is 0. The number of aromatic amines is 2. The number of nitrogens with zero attached hydrogens (tertiary/aromatic N) is 5. The van der Waals surface area contributed by atoms with Crippen molar-refractivity contribution in [2.45, 2.75) is 6.04 Å². The van der Waals surface area contributed by atoms with Crippen LogP contribution in [-0.2, 0) is 0 Å². The summed E-state index contributed by atoms with van der Waals surface area (Å²) in [5.41, 5.74) is 8.27. The molecule has 0 saturated heterocycles. The summed E-state index contributed by atoms with van der Waals surface area (Å²) in [6, 6.07) is 19.7. The quantitative estimate of drug-likeness (QED) is 0.353. The maximum atomic E-state index is 13.5. The monoisotopic (exact) mass is 470 g/mol. The first-order valence-electron chi connectivity index (χ1n) is 11.4. The molecule has 0 spiro atoms. The zero-order valence-corrected chi connectivity index (χ0v) is 18.8. The number of carbonyl (C=O) groups excluding carboxylic acids is 1. The van der Waals surface area contributed by atoms with E-state index in [0.717, 1.165) is 44.3 Å². The first-order chi connectivity index (χ1) is 17.8. The van der Waals surface area contributed by atoms with Crippen molar-refractivity contribution in [3.05, 3.63) is 102 Å². The number of aromatic nitrogens is 7. The van der Waals surface area contributed by atoms with Crippen LogP contribution in [0.15, 0.2) is 85.5 Å². The lowest BCUT2D eigenvalue weighted by atomic mass is 9.94. The topological polar surface area (TPSA) is 125 Å². The number of tetrazole rings is 1. The fourth-order valence-corrected chi connectivity index (χ4v) is 5.02. The van der Waals surface area contributed by atoms with E-state index in [1.54, 1.807) is 24.7 Å². The first-order valence-corrected chi connectivity index (χ1v) is 11.4. The maximum Gasteiger partial charge on any atom is 0.252 e. The average molecular weight is 470 g/mol. The number of benzene rings is 2. The van der Waals surface area contributed by atoms with Gasteiger partial charge in [0.25, 0.3) is 5.91 Å². The van der Waals surface area contributed by atoms with Gasteiger partial charge in [-0.3, -0.25) is 9.78 Å². The number of fused-ring (bicyclic) bond motifs is 4. The lowest BCUT2D eigenvalue weighted by Crippen LogP contribution is -2.28. The van der Waals surface area contributed by atoms with Gasteiger partial charge in [-0.05, 0) is 56.4 Å². The molecule has 0 saturated carbocycles. The molecule has 4 aromatic heterocycles. The molecule has 2 aromatic carbocycles. The van der Waals surface area contributed by atoms with Crippen molar-refractivity contribution in [3.8, 4) is 33.6 Å². The highest BCUT2D eigenvalue weighted by molar-refractivity contribution is 6.06. The summed E-state index contributed by atoms with van der Waals surface area (Å²) in [4.78, 5) is 25.3. The van der Waals surface area contributed by atoms with Crippen LogP contribution in [0.5, 0.6) is 0 Å². The van der Waals surface area contributed by atoms with E-state index in [2.05, 4.69) is 65.2 Å². The minimum absolute atomic E-state index is 0.151. The molecule has 1 aliphatic rings. The summed E-state index contributed by atoms with van der Waals surface area (Å²) >= 11 is 0. The Morgan fingerprint density at radius 1 is 0.917 bits per heavy atom. The number of nitrogens with one attached hydrogen (secondary N) is 3. The highest BCUT2D eigenvalue weighted by Gasteiger charge is 2.32. The maximum absolute atomic E-state index is 13.5. The van der Waals surface area contributed by atoms with Crippen molar-refractivity contribution in [2.24, 2.45) is 0 Å². The molecule has 1 amide bonds. The highest BCUT2D eigenvalue weighted by atomic mass is 16.1. The number of hydrogen-bond donors (Lipinski definition) is 3. The lowest BCUT2D eigenvalue weighted by molar-refractivity contribution is 0.0945. The van der Waals surface area contributed by atoms with E-state index in [-0.39, 0.29) is 11.9 Å². The number of pyridine rings is 2. The Morgan fingerprint density at radius 3 is 2.69 bits per heavy atom. The van der Waals surface area contributed by atoms with Crippen LogP contribution in [0.2, 0.25) is 0 Å². The molecule has 6 aromatic rings. The minimum Gasteiger partial charge on any atom is -0.346 e. The molecule has 0 aliphatic heterocycles. The van der Waals surface area contributed by atoms with Gasteiger partial charge < -0.3 is 10.3 Å². The molecule has 1 aliphatic carbocycles. The van der Waals surface area contributed by atoms with Gasteiger partial charge in [-0.2, -0.15) is 0 Å². The van der Waals surface area contributed by atoms with Crippen LogP contribution in [0.3, 0.4) is 0 Å². The van der Waals surface area contributed by atoms with Crippen molar-refractivity contribution < 1.29 is 4.79 Å². The number of carbonyl (C=O) groups is 1. The number of H-pyrrole nitrogens is 2. The van der Waals surface area contributed by atoms with Crippen LogP contribution < -0.4 is 5.32 Å². The van der Waals surface area contributed by atoms with Crippen molar-refractivity contribution in [2.75, 3.05) is 0 Å². The Hall–Kier alpha value is -5.18. The van der Waals surface area contributed by atoms with Crippen molar-refractivity contribution in [1.29, 1.82) is 0 Å². The summed E-state index contributed by atoms with van der Waals surface area (Å²) in [5, 5.41) is 18.2. The molecule has 7 rings (SSSR count). The Morgan fingerprint density at radius 2 is 1.78 bits per heavy atom. The second kappa shape index (κ2) is 7.95. The largest absolute Gasteiger partial charge is 0.346 e. The molecule has 0 radical (unpaired) electrons. The van der Waals surface area contributed by atoms with Crippen LogP contribution in [0, 0.1) is 0 Å². The van der Waals surface area contributed by atoms with E-state index >= 15 is 0 Å². The standard InChI is InChI=1S/C27H18N8O/c36-27(21-9-11-30-26-20(21)8-10-29-26)31-24-19-5-2-1-4-18(19)23-17(6-3-7-22(23)24)15-12-16(14-28-13-15)25-32-34-35-33-25/h1-14,24H,(H,29,30)(H,31,36)(H,32,33,34,35). The Bertz CT molecular complexity index is 1760. The van der Waals surface area contributed by atoms with Gasteiger partial charge in [0.05, 0.1) is 11.6 Å². The van der Waals surface area contributed by atoms with Gasteiger partial charge in [0, 0.05) is 41.3 Å². The van der Waals surface area contributed by atoms with Crippen molar-refractivity contribution in [1.82, 2.24) is 40.9 Å². The summed E-state index contributed by atoms with van der Waals surface area (Å²) in [6.45, 7) is 0. The second-order valence-corrected chi connectivity index (χ2v) is 8.57. The molecular formula is C27H18N8O. The third-order valence-electron chi connectivity index (χ3n) is 6.60. The number of amides is 1. The molecule has 36 heavy (non-hydrogen) atoms. The van der Waals surface area contributed by atoms with E-state index < -0.39 is 0 Å². The number of hydrogen-bond acceptors (Lipinski definition) is 6. The van der Waals surface area contributed by atoms with E-state index in [1.165, 1.54) is 0 Å². The Labute approximate surface area is 204 Å². The van der Waals surface area contributed by atoms with Crippen molar-refractivity contribution >= 4 is 16.9 Å². The van der Waals surface area contributed by atoms with Gasteiger partial charge in [-0.1, -0.05) is 42.5 Å². The van der Waals surface area contributed by atoms with Crippen LogP contribution in [-0.4, -0.2) is 41.5 Å². The minimum atomic E-state index is -0.291. The average Bonchev–Trinajstić information content (AvgIpc) is 3.69. The van der Waals surface area contributed by atoms with E-state index in [1.807, 2.05) is 36.5 Å². The normalized spacial score (nSPS) is 13.9. The zero-order valence-electron chi connectivity index (χ0n) is 18.8. The molecule has 9 nitrogen and oxygen atoms in total. The van der Waals surface area contributed by atoms with Crippen LogP contribution >= 0.6 is 0 Å². The van der Waals surface area contributed by atoms with Gasteiger partial charge in [0.15, 0.2) is 5.82 Å². The smallest absolute Gasteiger partial charge is 0.252 e. The molecule has 1 atom stereocenters. The van der Waals surface area contributed by atoms with Gasteiger partial charge in [-0.15, -0.1) is 5.10 Å². The summed E-state index contributed by atoms with van der Waals surface area (Å²) in [5.74, 6) is 0.400. The fourth-order valence-electron chi connectivity index (χ4n) is 5.02. The molecule has 3 N–H and O–H groups in total. The third kappa shape index (κ3) is 3.10. The molecule has 1 unspecified atom stereocenters. The number of rotatable bonds is 4. The van der Waals surface area contributed by atoms with Gasteiger partial charge >= 0.3 is 0 Å². The fraction of sp³-hybridized carbons (Fsp3) is 0.0370. The second-order valence-electron chi connectivity index (χ2n) is 8.57. The van der Waals surface area contributed by atoms with Crippen LogP contribution in [0.1, 0.15) is 27.5 Å². The highest BCUT2D eigenvalue weighted by Crippen LogP contribution is 2.48. The summed E-state index contributed by atoms with van der Waals surface area (Å²) in [6.07, 6.45) is 6.99. The molecule has 4 heterocycles. The molecular weight excluding hydrogens is 452 g/mol. The first kappa shape index (κ1) is 20.2. The molecule has 0 bridgehead atoms. The van der Waals surface area contributed by atoms with Gasteiger partial charge in [-0.25, -0.2) is 10.1 Å². The van der Waals surface area contributed by atoms with Gasteiger partial charge in [0.2, 0.25) is 0 Å². The van der Waals surface area contributed by atoms with E-state index in [9.17, 15) is 4.79 Å². The van der Waals surface area contributed by atoms with E-state index in [4.69, 9.17) is 0 Å². The molecule has 9 heteroatoms. The predicted molar refractivity (Wildman–Crippen MR) is 134 cm³/mol. The van der Waals surface area contributed by atoms with Crippen molar-refractivity contribution in [3.63, 3.8) is 0 Å². The SMILES string of the molecule is O=C(NC1c2ccccc2-c2c(-c3cncc(-c4nnn[nH]4)c3)cccc21)c1ccnc2[nH]ccc12. The van der Waals surface area contributed by atoms with Crippen LogP contribution in [0.4, 0.5) is 0 Å². The molecule has 172 valence electrons. The predicted octanol–water partition coefficient (Wildman–Crippen LogP) is 4.30. The van der Waals surface area contributed by atoms with Crippen LogP contribution in [0.25, 0.3) is 44.7 Å². The Kier molecular flexibility index (Phi) is 4.46. The lowest BCUT2D eigenvalue weighted by Gasteiger charge is -2.17. The zero-order chi connectivity index (χ0) is 24.1. The van der Waals surface area contributed by atoms with E-state index in [0.29, 0.717) is 17.0 Å². The molecule has 0 fully saturated rings. The Balaban J connectivity index is 1.34.